The summed E-state index contributed by atoms with van der Waals surface area (Å²) < 4.78 is 0. The predicted molar refractivity (Wildman–Crippen MR) is 62.6 cm³/mol. The van der Waals surface area contributed by atoms with E-state index in [1.165, 1.54) is 11.1 Å². The third-order valence-corrected chi connectivity index (χ3v) is 2.17. The van der Waals surface area contributed by atoms with Gasteiger partial charge in [-0.1, -0.05) is 11.2 Å². The van der Waals surface area contributed by atoms with Gasteiger partial charge in [0.05, 0.1) is 6.54 Å². The monoisotopic (exact) mass is 207 g/mol. The lowest BCUT2D eigenvalue weighted by Crippen LogP contribution is -2.30. The molecule has 4 nitrogen and oxygen atoms in total. The molecular weight excluding hydrogens is 190 g/mol. The van der Waals surface area contributed by atoms with E-state index in [-0.39, 0.29) is 5.84 Å². The zero-order chi connectivity index (χ0) is 11.4. The van der Waals surface area contributed by atoms with E-state index >= 15 is 0 Å². The Kier molecular flexibility index (Phi) is 3.55. The third-order valence-electron chi connectivity index (χ3n) is 2.17. The van der Waals surface area contributed by atoms with Crippen molar-refractivity contribution in [2.45, 2.75) is 13.8 Å². The van der Waals surface area contributed by atoms with E-state index < -0.39 is 0 Å². The molecule has 0 saturated carbocycles. The highest BCUT2D eigenvalue weighted by Gasteiger charge is 2.04. The highest BCUT2D eigenvalue weighted by Crippen LogP contribution is 2.16. The fourth-order valence-corrected chi connectivity index (χ4v) is 1.54. The standard InChI is InChI=1S/C11H17N3O/c1-8-4-9(2)6-10(5-8)14(3)7-11(12)13-15/h4-6,15H,7H2,1-3H3,(H2,12,13). The summed E-state index contributed by atoms with van der Waals surface area (Å²) in [6.07, 6.45) is 0. The molecule has 0 saturated heterocycles. The second-order valence-electron chi connectivity index (χ2n) is 3.79. The summed E-state index contributed by atoms with van der Waals surface area (Å²) in [6, 6.07) is 6.25. The van der Waals surface area contributed by atoms with Crippen molar-refractivity contribution < 1.29 is 5.21 Å². The van der Waals surface area contributed by atoms with Crippen LogP contribution in [0.1, 0.15) is 11.1 Å². The molecular formula is C11H17N3O. The molecule has 4 heteroatoms. The van der Waals surface area contributed by atoms with Gasteiger partial charge in [0.25, 0.3) is 0 Å². The van der Waals surface area contributed by atoms with Crippen LogP contribution in [0.2, 0.25) is 0 Å². The topological polar surface area (TPSA) is 61.8 Å². The first-order valence-corrected chi connectivity index (χ1v) is 4.78. The fraction of sp³-hybridized carbons (Fsp3) is 0.364. The van der Waals surface area contributed by atoms with Gasteiger partial charge in [0.15, 0.2) is 5.84 Å². The van der Waals surface area contributed by atoms with E-state index in [1.807, 2.05) is 25.8 Å². The van der Waals surface area contributed by atoms with Crippen molar-refractivity contribution in [1.29, 1.82) is 0 Å². The van der Waals surface area contributed by atoms with Crippen LogP contribution in [-0.2, 0) is 0 Å². The Hall–Kier alpha value is -1.71. The van der Waals surface area contributed by atoms with Crippen molar-refractivity contribution >= 4 is 11.5 Å². The molecule has 0 aliphatic carbocycles. The maximum absolute atomic E-state index is 8.48. The van der Waals surface area contributed by atoms with Gasteiger partial charge in [-0.25, -0.2) is 0 Å². The molecule has 1 rings (SSSR count). The summed E-state index contributed by atoms with van der Waals surface area (Å²) in [4.78, 5) is 1.94. The summed E-state index contributed by atoms with van der Waals surface area (Å²) in [5.74, 6) is 0.205. The van der Waals surface area contributed by atoms with E-state index in [4.69, 9.17) is 10.9 Å². The Morgan fingerprint density at radius 2 is 1.87 bits per heavy atom. The van der Waals surface area contributed by atoms with Crippen LogP contribution in [0.25, 0.3) is 0 Å². The van der Waals surface area contributed by atoms with Gasteiger partial charge in [-0.05, 0) is 37.1 Å². The Morgan fingerprint density at radius 1 is 1.33 bits per heavy atom. The summed E-state index contributed by atoms with van der Waals surface area (Å²) in [5, 5.41) is 11.4. The van der Waals surface area contributed by atoms with Crippen LogP contribution in [0.4, 0.5) is 5.69 Å². The molecule has 15 heavy (non-hydrogen) atoms. The first-order chi connectivity index (χ1) is 7.02. The molecule has 0 atom stereocenters. The fourth-order valence-electron chi connectivity index (χ4n) is 1.54. The number of anilines is 1. The summed E-state index contributed by atoms with van der Waals surface area (Å²) in [6.45, 7) is 4.51. The molecule has 82 valence electrons. The Morgan fingerprint density at radius 3 is 2.33 bits per heavy atom. The molecule has 0 aliphatic rings. The number of hydrogen-bond acceptors (Lipinski definition) is 3. The first-order valence-electron chi connectivity index (χ1n) is 4.78. The predicted octanol–water partition coefficient (Wildman–Crippen LogP) is 1.49. The van der Waals surface area contributed by atoms with Crippen LogP contribution in [-0.4, -0.2) is 24.6 Å². The molecule has 0 fully saturated rings. The highest BCUT2D eigenvalue weighted by molar-refractivity contribution is 5.84. The molecule has 0 bridgehead atoms. The van der Waals surface area contributed by atoms with Gasteiger partial charge in [0, 0.05) is 12.7 Å². The SMILES string of the molecule is Cc1cc(C)cc(N(C)CC(N)=NO)c1. The molecule has 3 N–H and O–H groups in total. The minimum absolute atomic E-state index is 0.205. The summed E-state index contributed by atoms with van der Waals surface area (Å²) >= 11 is 0. The smallest absolute Gasteiger partial charge is 0.158 e. The largest absolute Gasteiger partial charge is 0.409 e. The van der Waals surface area contributed by atoms with Crippen molar-refractivity contribution in [2.75, 3.05) is 18.5 Å². The third kappa shape index (κ3) is 3.16. The molecule has 0 aromatic heterocycles. The van der Waals surface area contributed by atoms with E-state index in [1.54, 1.807) is 0 Å². The van der Waals surface area contributed by atoms with E-state index in [0.29, 0.717) is 6.54 Å². The number of nitrogens with zero attached hydrogens (tertiary/aromatic N) is 2. The van der Waals surface area contributed by atoms with Crippen LogP contribution >= 0.6 is 0 Å². The number of hydrogen-bond donors (Lipinski definition) is 2. The average molecular weight is 207 g/mol. The van der Waals surface area contributed by atoms with Crippen molar-refractivity contribution in [2.24, 2.45) is 10.9 Å². The second-order valence-corrected chi connectivity index (χ2v) is 3.79. The highest BCUT2D eigenvalue weighted by atomic mass is 16.4. The average Bonchev–Trinajstić information content (AvgIpc) is 2.16. The van der Waals surface area contributed by atoms with Gasteiger partial charge >= 0.3 is 0 Å². The molecule has 1 aromatic carbocycles. The van der Waals surface area contributed by atoms with Crippen molar-refractivity contribution in [3.8, 4) is 0 Å². The number of oxime groups is 1. The molecule has 0 amide bonds. The molecule has 0 aliphatic heterocycles. The maximum Gasteiger partial charge on any atom is 0.158 e. The number of rotatable bonds is 3. The van der Waals surface area contributed by atoms with Crippen molar-refractivity contribution in [3.05, 3.63) is 29.3 Å². The first kappa shape index (κ1) is 11.4. The van der Waals surface area contributed by atoms with Crippen LogP contribution in [0.5, 0.6) is 0 Å². The number of amidine groups is 1. The lowest BCUT2D eigenvalue weighted by molar-refractivity contribution is 0.317. The normalized spacial score (nSPS) is 11.5. The molecule has 0 spiro atoms. The second kappa shape index (κ2) is 4.68. The van der Waals surface area contributed by atoms with Crippen LogP contribution in [0.15, 0.2) is 23.4 Å². The Balaban J connectivity index is 2.86. The summed E-state index contributed by atoms with van der Waals surface area (Å²) in [7, 11) is 1.91. The number of benzene rings is 1. The minimum Gasteiger partial charge on any atom is -0.409 e. The van der Waals surface area contributed by atoms with Gasteiger partial charge in [0.2, 0.25) is 0 Å². The molecule has 0 heterocycles. The van der Waals surface area contributed by atoms with Crippen molar-refractivity contribution in [1.82, 2.24) is 0 Å². The molecule has 0 radical (unpaired) electrons. The van der Waals surface area contributed by atoms with Crippen LogP contribution < -0.4 is 10.6 Å². The maximum atomic E-state index is 8.48. The zero-order valence-corrected chi connectivity index (χ0v) is 9.36. The number of likely N-dealkylation sites (N-methyl/N-ethyl adjacent to an activating group) is 1. The molecule has 1 aromatic rings. The Bertz CT molecular complexity index is 354. The van der Waals surface area contributed by atoms with Crippen LogP contribution in [0, 0.1) is 13.8 Å². The quantitative estimate of drug-likeness (QED) is 0.341. The van der Waals surface area contributed by atoms with E-state index in [0.717, 1.165) is 5.69 Å². The van der Waals surface area contributed by atoms with E-state index in [9.17, 15) is 0 Å². The van der Waals surface area contributed by atoms with Gasteiger partial charge in [-0.2, -0.15) is 0 Å². The van der Waals surface area contributed by atoms with Crippen LogP contribution in [0.3, 0.4) is 0 Å². The van der Waals surface area contributed by atoms with Gasteiger partial charge in [0.1, 0.15) is 0 Å². The van der Waals surface area contributed by atoms with Gasteiger partial charge < -0.3 is 15.8 Å². The Labute approximate surface area is 90.0 Å². The zero-order valence-electron chi connectivity index (χ0n) is 9.36. The van der Waals surface area contributed by atoms with Gasteiger partial charge in [-0.15, -0.1) is 0 Å². The van der Waals surface area contributed by atoms with Crippen molar-refractivity contribution in [3.63, 3.8) is 0 Å². The number of aryl methyl sites for hydroxylation is 2. The lowest BCUT2D eigenvalue weighted by Gasteiger charge is -2.19. The van der Waals surface area contributed by atoms with E-state index in [2.05, 4.69) is 23.4 Å². The number of nitrogens with two attached hydrogens (primary N) is 1. The molecule has 0 unspecified atom stereocenters. The lowest BCUT2D eigenvalue weighted by atomic mass is 10.1. The minimum atomic E-state index is 0.205. The van der Waals surface area contributed by atoms with Gasteiger partial charge in [-0.3, -0.25) is 0 Å². The summed E-state index contributed by atoms with van der Waals surface area (Å²) in [5.41, 5.74) is 8.92.